The van der Waals surface area contributed by atoms with Crippen LogP contribution in [0, 0.1) is 0 Å². The maximum atomic E-state index is 3.77. The van der Waals surface area contributed by atoms with E-state index in [1.165, 1.54) is 57.3 Å². The highest BCUT2D eigenvalue weighted by Gasteiger charge is 2.18. The molecule has 0 bridgehead atoms. The number of rotatable bonds is 9. The van der Waals surface area contributed by atoms with Crippen LogP contribution in [0.4, 0.5) is 0 Å². The Morgan fingerprint density at radius 1 is 1.19 bits per heavy atom. The lowest BCUT2D eigenvalue weighted by atomic mass is 10.0. The van der Waals surface area contributed by atoms with Gasteiger partial charge in [0.05, 0.1) is 0 Å². The Balaban J connectivity index is 1.63. The molecule has 1 N–H and O–H groups in total. The van der Waals surface area contributed by atoms with Crippen molar-refractivity contribution in [3.05, 3.63) is 48.6 Å². The van der Waals surface area contributed by atoms with E-state index < -0.39 is 0 Å². The number of nitrogens with zero attached hydrogens (tertiary/aromatic N) is 1. The van der Waals surface area contributed by atoms with Gasteiger partial charge >= 0.3 is 0 Å². The molecular weight excluding hydrogens is 256 g/mol. The predicted molar refractivity (Wildman–Crippen MR) is 91.4 cm³/mol. The van der Waals surface area contributed by atoms with Crippen LogP contribution in [0.25, 0.3) is 0 Å². The SMILES string of the molecule is C=CCCCCCNC1CCCN(Cc2ccccc2)C1. The van der Waals surface area contributed by atoms with E-state index in [0.29, 0.717) is 6.04 Å². The second-order valence-electron chi connectivity index (χ2n) is 6.15. The monoisotopic (exact) mass is 286 g/mol. The highest BCUT2D eigenvalue weighted by atomic mass is 15.2. The van der Waals surface area contributed by atoms with Crippen LogP contribution in [-0.4, -0.2) is 30.6 Å². The molecule has 1 aromatic rings. The topological polar surface area (TPSA) is 15.3 Å². The largest absolute Gasteiger partial charge is 0.313 e. The van der Waals surface area contributed by atoms with Crippen LogP contribution in [0.2, 0.25) is 0 Å². The maximum absolute atomic E-state index is 3.77. The highest BCUT2D eigenvalue weighted by molar-refractivity contribution is 5.14. The number of piperidine rings is 1. The number of unbranched alkanes of at least 4 members (excludes halogenated alkanes) is 3. The molecule has 1 aromatic carbocycles. The zero-order valence-corrected chi connectivity index (χ0v) is 13.3. The van der Waals surface area contributed by atoms with E-state index in [4.69, 9.17) is 0 Å². The van der Waals surface area contributed by atoms with Crippen LogP contribution in [0.5, 0.6) is 0 Å². The normalized spacial score (nSPS) is 19.5. The van der Waals surface area contributed by atoms with E-state index >= 15 is 0 Å². The third-order valence-electron chi connectivity index (χ3n) is 4.27. The van der Waals surface area contributed by atoms with Crippen LogP contribution in [0.1, 0.15) is 44.1 Å². The zero-order valence-electron chi connectivity index (χ0n) is 13.3. The van der Waals surface area contributed by atoms with Gasteiger partial charge in [-0.05, 0) is 50.8 Å². The Bertz CT molecular complexity index is 388. The molecule has 0 radical (unpaired) electrons. The molecule has 0 aromatic heterocycles. The Labute approximate surface area is 130 Å². The molecule has 2 rings (SSSR count). The maximum Gasteiger partial charge on any atom is 0.0234 e. The minimum atomic E-state index is 0.682. The Morgan fingerprint density at radius 2 is 2.05 bits per heavy atom. The van der Waals surface area contributed by atoms with Gasteiger partial charge in [0.25, 0.3) is 0 Å². The van der Waals surface area contributed by atoms with Gasteiger partial charge in [0.1, 0.15) is 0 Å². The van der Waals surface area contributed by atoms with Crippen molar-refractivity contribution in [2.24, 2.45) is 0 Å². The second kappa shape index (κ2) is 9.75. The standard InChI is InChI=1S/C19H30N2/c1-2-3-4-5-9-14-20-19-13-10-15-21(17-19)16-18-11-7-6-8-12-18/h2,6-8,11-12,19-20H,1,3-5,9-10,13-17H2. The van der Waals surface area contributed by atoms with Crippen molar-refractivity contribution >= 4 is 0 Å². The summed E-state index contributed by atoms with van der Waals surface area (Å²) in [6, 6.07) is 11.5. The predicted octanol–water partition coefficient (Wildman–Crippen LogP) is 3.99. The quantitative estimate of drug-likeness (QED) is 0.545. The van der Waals surface area contributed by atoms with E-state index in [1.807, 2.05) is 6.08 Å². The fourth-order valence-electron chi connectivity index (χ4n) is 3.10. The summed E-state index contributed by atoms with van der Waals surface area (Å²) in [4.78, 5) is 2.59. The Morgan fingerprint density at radius 3 is 2.86 bits per heavy atom. The zero-order chi connectivity index (χ0) is 14.8. The fraction of sp³-hybridized carbons (Fsp3) is 0.579. The first-order valence-corrected chi connectivity index (χ1v) is 8.49. The van der Waals surface area contributed by atoms with Crippen molar-refractivity contribution in [1.29, 1.82) is 0 Å². The molecule has 1 saturated heterocycles. The summed E-state index contributed by atoms with van der Waals surface area (Å²) in [7, 11) is 0. The molecule has 1 aliphatic heterocycles. The molecule has 2 nitrogen and oxygen atoms in total. The lowest BCUT2D eigenvalue weighted by Crippen LogP contribution is -2.45. The number of likely N-dealkylation sites (tertiary alicyclic amines) is 1. The van der Waals surface area contributed by atoms with Gasteiger partial charge in [0.2, 0.25) is 0 Å². The van der Waals surface area contributed by atoms with Crippen molar-refractivity contribution < 1.29 is 0 Å². The minimum absolute atomic E-state index is 0.682. The van der Waals surface area contributed by atoms with Crippen LogP contribution in [0.3, 0.4) is 0 Å². The average molecular weight is 286 g/mol. The fourth-order valence-corrected chi connectivity index (χ4v) is 3.10. The lowest BCUT2D eigenvalue weighted by Gasteiger charge is -2.33. The molecule has 1 fully saturated rings. The second-order valence-corrected chi connectivity index (χ2v) is 6.15. The Hall–Kier alpha value is -1.12. The van der Waals surface area contributed by atoms with Gasteiger partial charge in [-0.1, -0.05) is 42.8 Å². The van der Waals surface area contributed by atoms with Gasteiger partial charge in [-0.15, -0.1) is 6.58 Å². The van der Waals surface area contributed by atoms with Crippen LogP contribution < -0.4 is 5.32 Å². The molecule has 0 aliphatic carbocycles. The summed E-state index contributed by atoms with van der Waals surface area (Å²) in [5.41, 5.74) is 1.43. The molecule has 0 saturated carbocycles. The molecule has 0 amide bonds. The molecule has 116 valence electrons. The van der Waals surface area contributed by atoms with Crippen molar-refractivity contribution in [2.45, 2.75) is 51.1 Å². The molecule has 21 heavy (non-hydrogen) atoms. The third kappa shape index (κ3) is 6.45. The van der Waals surface area contributed by atoms with Gasteiger partial charge in [-0.25, -0.2) is 0 Å². The first kappa shape index (κ1) is 16.3. The molecule has 1 atom stereocenters. The van der Waals surface area contributed by atoms with Crippen molar-refractivity contribution in [3.63, 3.8) is 0 Å². The van der Waals surface area contributed by atoms with E-state index in [-0.39, 0.29) is 0 Å². The van der Waals surface area contributed by atoms with E-state index in [0.717, 1.165) is 13.0 Å². The van der Waals surface area contributed by atoms with Crippen molar-refractivity contribution in [2.75, 3.05) is 19.6 Å². The first-order valence-electron chi connectivity index (χ1n) is 8.49. The summed E-state index contributed by atoms with van der Waals surface area (Å²) < 4.78 is 0. The van der Waals surface area contributed by atoms with Gasteiger partial charge in [-0.2, -0.15) is 0 Å². The number of allylic oxidation sites excluding steroid dienone is 1. The smallest absolute Gasteiger partial charge is 0.0234 e. The van der Waals surface area contributed by atoms with Gasteiger partial charge in [0, 0.05) is 19.1 Å². The highest BCUT2D eigenvalue weighted by Crippen LogP contribution is 2.14. The number of nitrogens with one attached hydrogen (secondary N) is 1. The van der Waals surface area contributed by atoms with Crippen LogP contribution in [0.15, 0.2) is 43.0 Å². The van der Waals surface area contributed by atoms with Crippen molar-refractivity contribution in [3.8, 4) is 0 Å². The molecule has 0 spiro atoms. The first-order chi connectivity index (χ1) is 10.4. The number of benzene rings is 1. The van der Waals surface area contributed by atoms with E-state index in [2.05, 4.69) is 47.1 Å². The van der Waals surface area contributed by atoms with Gasteiger partial charge in [0.15, 0.2) is 0 Å². The molecule has 1 aliphatic rings. The lowest BCUT2D eigenvalue weighted by molar-refractivity contribution is 0.183. The number of hydrogen-bond acceptors (Lipinski definition) is 2. The summed E-state index contributed by atoms with van der Waals surface area (Å²) in [5, 5.41) is 3.75. The van der Waals surface area contributed by atoms with Gasteiger partial charge in [-0.3, -0.25) is 4.90 Å². The summed E-state index contributed by atoms with van der Waals surface area (Å²) in [6.07, 6.45) is 9.74. The van der Waals surface area contributed by atoms with Crippen molar-refractivity contribution in [1.82, 2.24) is 10.2 Å². The average Bonchev–Trinajstić information content (AvgIpc) is 2.52. The van der Waals surface area contributed by atoms with Crippen LogP contribution >= 0.6 is 0 Å². The summed E-state index contributed by atoms with van der Waals surface area (Å²) >= 11 is 0. The molecule has 1 heterocycles. The molecular formula is C19H30N2. The molecule has 1 unspecified atom stereocenters. The third-order valence-corrected chi connectivity index (χ3v) is 4.27. The summed E-state index contributed by atoms with van der Waals surface area (Å²) in [5.74, 6) is 0. The van der Waals surface area contributed by atoms with E-state index in [9.17, 15) is 0 Å². The summed E-state index contributed by atoms with van der Waals surface area (Å²) in [6.45, 7) is 8.48. The van der Waals surface area contributed by atoms with Gasteiger partial charge < -0.3 is 5.32 Å². The van der Waals surface area contributed by atoms with Crippen LogP contribution in [-0.2, 0) is 6.54 Å². The van der Waals surface area contributed by atoms with E-state index in [1.54, 1.807) is 0 Å². The Kier molecular flexibility index (Phi) is 7.55. The number of hydrogen-bond donors (Lipinski definition) is 1. The molecule has 2 heteroatoms. The minimum Gasteiger partial charge on any atom is -0.313 e.